The van der Waals surface area contributed by atoms with E-state index in [-0.39, 0.29) is 0 Å². The minimum absolute atomic E-state index is 1.24. The summed E-state index contributed by atoms with van der Waals surface area (Å²) in [5, 5.41) is 18.1. The van der Waals surface area contributed by atoms with Crippen LogP contribution in [0.25, 0.3) is 120 Å². The Morgan fingerprint density at radius 1 is 0.296 bits per heavy atom. The Labute approximate surface area is 311 Å². The second-order valence-corrected chi connectivity index (χ2v) is 15.0. The van der Waals surface area contributed by atoms with Crippen molar-refractivity contribution in [1.29, 1.82) is 0 Å². The summed E-state index contributed by atoms with van der Waals surface area (Å²) in [5.74, 6) is 0. The lowest BCUT2D eigenvalue weighted by Crippen LogP contribution is -1.94. The maximum atomic E-state index is 2.45. The molecule has 0 saturated carbocycles. The molecule has 0 fully saturated rings. The Balaban J connectivity index is 1.16. The summed E-state index contributed by atoms with van der Waals surface area (Å²) in [4.78, 5) is 0. The summed E-state index contributed by atoms with van der Waals surface area (Å²) in [7, 11) is 4.51. The first-order valence-electron chi connectivity index (χ1n) is 18.8. The fourth-order valence-corrected chi connectivity index (χ4v) is 9.81. The quantitative estimate of drug-likeness (QED) is 0.160. The van der Waals surface area contributed by atoms with Crippen LogP contribution >= 0.6 is 0 Å². The van der Waals surface area contributed by atoms with Gasteiger partial charge in [-0.25, -0.2) is 0 Å². The highest BCUT2D eigenvalue weighted by Crippen LogP contribution is 2.46. The van der Waals surface area contributed by atoms with E-state index >= 15 is 0 Å². The fraction of sp³-hybridized carbons (Fsp3) is 0.0385. The molecule has 0 aliphatic rings. The zero-order valence-corrected chi connectivity index (χ0v) is 30.1. The molecule has 12 aromatic rings. The highest BCUT2D eigenvalue weighted by Gasteiger charge is 2.22. The number of aromatic nitrogens is 2. The summed E-state index contributed by atoms with van der Waals surface area (Å²) >= 11 is 0. The van der Waals surface area contributed by atoms with Gasteiger partial charge in [-0.3, -0.25) is 0 Å². The van der Waals surface area contributed by atoms with Crippen LogP contribution in [0.5, 0.6) is 0 Å². The van der Waals surface area contributed by atoms with Gasteiger partial charge < -0.3 is 9.13 Å². The molecule has 0 radical (unpaired) electrons. The third-order valence-electron chi connectivity index (χ3n) is 12.2. The van der Waals surface area contributed by atoms with Crippen molar-refractivity contribution in [3.05, 3.63) is 170 Å². The third kappa shape index (κ3) is 3.89. The number of aryl methyl sites for hydroxylation is 2. The fourth-order valence-electron chi connectivity index (χ4n) is 9.81. The number of fused-ring (bicyclic) bond motifs is 16. The van der Waals surface area contributed by atoms with Gasteiger partial charge in [0.25, 0.3) is 0 Å². The average Bonchev–Trinajstić information content (AvgIpc) is 3.69. The first kappa shape index (κ1) is 29.7. The molecule has 2 nitrogen and oxygen atoms in total. The third-order valence-corrected chi connectivity index (χ3v) is 12.2. The molecule has 10 aromatic carbocycles. The summed E-state index contributed by atoms with van der Waals surface area (Å²) < 4.78 is 4.89. The van der Waals surface area contributed by atoms with Gasteiger partial charge in [-0.15, -0.1) is 0 Å². The first-order chi connectivity index (χ1) is 26.6. The van der Waals surface area contributed by atoms with Gasteiger partial charge in [0, 0.05) is 46.7 Å². The minimum Gasteiger partial charge on any atom is -0.342 e. The van der Waals surface area contributed by atoms with Gasteiger partial charge in [0.1, 0.15) is 0 Å². The van der Waals surface area contributed by atoms with Crippen LogP contribution in [-0.4, -0.2) is 9.13 Å². The van der Waals surface area contributed by atoms with Gasteiger partial charge in [-0.2, -0.15) is 0 Å². The molecule has 0 N–H and O–H groups in total. The molecule has 54 heavy (non-hydrogen) atoms. The zero-order valence-electron chi connectivity index (χ0n) is 30.1. The van der Waals surface area contributed by atoms with E-state index in [4.69, 9.17) is 0 Å². The Bertz CT molecular complexity index is 3340. The van der Waals surface area contributed by atoms with Crippen LogP contribution < -0.4 is 0 Å². The lowest BCUT2D eigenvalue weighted by Gasteiger charge is -2.12. The second kappa shape index (κ2) is 10.8. The number of nitrogens with zero attached hydrogens (tertiary/aromatic N) is 2. The maximum absolute atomic E-state index is 2.45. The normalized spacial score (nSPS) is 12.3. The van der Waals surface area contributed by atoms with Crippen LogP contribution in [0.3, 0.4) is 0 Å². The van der Waals surface area contributed by atoms with E-state index in [1.165, 1.54) is 120 Å². The maximum Gasteiger partial charge on any atom is 0.0742 e. The van der Waals surface area contributed by atoms with Crippen LogP contribution in [0.15, 0.2) is 170 Å². The van der Waals surface area contributed by atoms with E-state index in [0.29, 0.717) is 0 Å². The van der Waals surface area contributed by atoms with Crippen molar-refractivity contribution in [2.24, 2.45) is 14.1 Å². The molecule has 0 aliphatic heterocycles. The molecule has 12 rings (SSSR count). The zero-order chi connectivity index (χ0) is 35.7. The van der Waals surface area contributed by atoms with Crippen LogP contribution in [0.2, 0.25) is 0 Å². The van der Waals surface area contributed by atoms with Crippen LogP contribution in [0, 0.1) is 0 Å². The van der Waals surface area contributed by atoms with Crippen LogP contribution in [-0.2, 0) is 14.1 Å². The van der Waals surface area contributed by atoms with E-state index in [9.17, 15) is 0 Å². The molecule has 0 aliphatic carbocycles. The number of rotatable bonds is 2. The first-order valence-corrected chi connectivity index (χ1v) is 18.8. The molecule has 0 amide bonds. The van der Waals surface area contributed by atoms with Gasteiger partial charge in [0.15, 0.2) is 0 Å². The van der Waals surface area contributed by atoms with Gasteiger partial charge in [0.05, 0.1) is 11.0 Å². The van der Waals surface area contributed by atoms with Crippen molar-refractivity contribution >= 4 is 97.5 Å². The topological polar surface area (TPSA) is 9.86 Å². The molecule has 0 atom stereocenters. The summed E-state index contributed by atoms with van der Waals surface area (Å²) in [6.07, 6.45) is 0. The predicted octanol–water partition coefficient (Wildman–Crippen LogP) is 14.1. The summed E-state index contributed by atoms with van der Waals surface area (Å²) in [5.41, 5.74) is 10.0. The Morgan fingerprint density at radius 3 is 1.07 bits per heavy atom. The van der Waals surface area contributed by atoms with Crippen molar-refractivity contribution in [3.63, 3.8) is 0 Å². The molecule has 2 heteroatoms. The SMILES string of the molecule is Cn1c2cc(-c3cc4ccccc4c4ccccc34)ccc2c2c3ccccc3c3c4ccc(-c5cc6ccccc6c6ccccc56)cc4n(C)c3c21. The molecule has 252 valence electrons. The Hall–Kier alpha value is -6.90. The summed E-state index contributed by atoms with van der Waals surface area (Å²) in [6, 6.07) is 63.1. The van der Waals surface area contributed by atoms with Crippen LogP contribution in [0.4, 0.5) is 0 Å². The molecule has 2 aromatic heterocycles. The predicted molar refractivity (Wildman–Crippen MR) is 233 cm³/mol. The van der Waals surface area contributed by atoms with E-state index in [2.05, 4.69) is 193 Å². The van der Waals surface area contributed by atoms with E-state index in [1.54, 1.807) is 0 Å². The van der Waals surface area contributed by atoms with Crippen LogP contribution in [0.1, 0.15) is 0 Å². The van der Waals surface area contributed by atoms with Crippen molar-refractivity contribution in [1.82, 2.24) is 9.13 Å². The van der Waals surface area contributed by atoms with Gasteiger partial charge in [-0.1, -0.05) is 146 Å². The van der Waals surface area contributed by atoms with Crippen molar-refractivity contribution in [3.8, 4) is 22.3 Å². The molecule has 0 spiro atoms. The Morgan fingerprint density at radius 2 is 0.648 bits per heavy atom. The Kier molecular flexibility index (Phi) is 5.94. The average molecular weight is 687 g/mol. The number of hydrogen-bond donors (Lipinski definition) is 0. The monoisotopic (exact) mass is 686 g/mol. The molecule has 0 saturated heterocycles. The number of hydrogen-bond acceptors (Lipinski definition) is 0. The standard InChI is InChI=1S/C52H34N2/c1-53-47-29-33(45-27-31-13-3-5-15-35(31)37-17-7-9-19-39(37)45)23-25-43(47)49-41-21-11-12-22-42(41)50-44-26-24-34(30-48(44)54(2)52(50)51(49)53)46-28-32-14-4-6-16-36(32)38-18-8-10-20-40(38)46/h3-30H,1-2H3. The van der Waals surface area contributed by atoms with E-state index < -0.39 is 0 Å². The molecular formula is C52H34N2. The van der Waals surface area contributed by atoms with Gasteiger partial charge in [-0.05, 0) is 100 Å². The molecule has 0 bridgehead atoms. The molecule has 2 heterocycles. The highest BCUT2D eigenvalue weighted by atomic mass is 15.0. The van der Waals surface area contributed by atoms with E-state index in [0.717, 1.165) is 0 Å². The highest BCUT2D eigenvalue weighted by molar-refractivity contribution is 6.36. The number of benzene rings is 10. The second-order valence-electron chi connectivity index (χ2n) is 15.0. The molecular weight excluding hydrogens is 653 g/mol. The lowest BCUT2D eigenvalue weighted by molar-refractivity contribution is 0.987. The van der Waals surface area contributed by atoms with E-state index in [1.807, 2.05) is 0 Å². The largest absolute Gasteiger partial charge is 0.342 e. The summed E-state index contributed by atoms with van der Waals surface area (Å²) in [6.45, 7) is 0. The van der Waals surface area contributed by atoms with Gasteiger partial charge in [0.2, 0.25) is 0 Å². The van der Waals surface area contributed by atoms with Crippen molar-refractivity contribution < 1.29 is 0 Å². The van der Waals surface area contributed by atoms with Crippen molar-refractivity contribution in [2.45, 2.75) is 0 Å². The smallest absolute Gasteiger partial charge is 0.0742 e. The van der Waals surface area contributed by atoms with Crippen molar-refractivity contribution in [2.75, 3.05) is 0 Å². The molecule has 0 unspecified atom stereocenters. The minimum atomic E-state index is 1.24. The lowest BCUT2D eigenvalue weighted by atomic mass is 9.92. The van der Waals surface area contributed by atoms with Gasteiger partial charge >= 0.3 is 0 Å².